The number of thioether (sulfide) groups is 1. The van der Waals surface area contributed by atoms with Crippen molar-refractivity contribution in [1.29, 1.82) is 0 Å². The third kappa shape index (κ3) is 3.95. The summed E-state index contributed by atoms with van der Waals surface area (Å²) in [4.78, 5) is 22.6. The second kappa shape index (κ2) is 8.81. The van der Waals surface area contributed by atoms with Crippen LogP contribution < -0.4 is 5.56 Å². The predicted octanol–water partition coefficient (Wildman–Crippen LogP) is 5.21. The van der Waals surface area contributed by atoms with Crippen molar-refractivity contribution in [1.82, 2.24) is 24.7 Å². The third-order valence-electron chi connectivity index (χ3n) is 5.96. The fourth-order valence-corrected chi connectivity index (χ4v) is 6.45. The summed E-state index contributed by atoms with van der Waals surface area (Å²) >= 11 is 3.11. The van der Waals surface area contributed by atoms with Crippen molar-refractivity contribution < 1.29 is 4.39 Å². The fraction of sp³-hybridized carbons (Fsp3) is 0.200. The monoisotopic (exact) mass is 489 g/mol. The second-order valence-corrected chi connectivity index (χ2v) is 10.2. The van der Waals surface area contributed by atoms with Crippen molar-refractivity contribution in [3.05, 3.63) is 92.6 Å². The Hall–Kier alpha value is -3.30. The van der Waals surface area contributed by atoms with E-state index in [9.17, 15) is 9.18 Å². The average Bonchev–Trinajstić information content (AvgIpc) is 3.54. The van der Waals surface area contributed by atoms with Gasteiger partial charge in [0.2, 0.25) is 0 Å². The van der Waals surface area contributed by atoms with Gasteiger partial charge >= 0.3 is 0 Å². The Morgan fingerprint density at radius 3 is 2.71 bits per heavy atom. The van der Waals surface area contributed by atoms with Gasteiger partial charge in [-0.2, -0.15) is 0 Å². The number of halogens is 1. The van der Waals surface area contributed by atoms with Gasteiger partial charge in [-0.3, -0.25) is 9.36 Å². The van der Waals surface area contributed by atoms with E-state index < -0.39 is 0 Å². The smallest absolute Gasteiger partial charge is 0.259 e. The summed E-state index contributed by atoms with van der Waals surface area (Å²) < 4.78 is 15.5. The number of nitrogens with one attached hydrogen (secondary N) is 1. The number of hydrogen-bond donors (Lipinski definition) is 1. The molecule has 0 saturated heterocycles. The fourth-order valence-electron chi connectivity index (χ4n) is 4.36. The molecule has 3 heterocycles. The zero-order chi connectivity index (χ0) is 23.1. The quantitative estimate of drug-likeness (QED) is 0.331. The number of benzene rings is 2. The lowest BCUT2D eigenvalue weighted by atomic mass is 10.2. The first kappa shape index (κ1) is 21.2. The molecule has 1 N–H and O–H groups in total. The molecule has 170 valence electrons. The van der Waals surface area contributed by atoms with Crippen LogP contribution in [-0.4, -0.2) is 24.7 Å². The number of H-pyrrole nitrogens is 1. The van der Waals surface area contributed by atoms with Crippen molar-refractivity contribution in [3.63, 3.8) is 0 Å². The molecule has 2 aromatic carbocycles. The largest absolute Gasteiger partial charge is 0.309 e. The van der Waals surface area contributed by atoms with Gasteiger partial charge in [0.1, 0.15) is 16.5 Å². The maximum Gasteiger partial charge on any atom is 0.259 e. The summed E-state index contributed by atoms with van der Waals surface area (Å²) in [6.07, 6.45) is 3.11. The van der Waals surface area contributed by atoms with E-state index in [1.807, 2.05) is 34.9 Å². The van der Waals surface area contributed by atoms with E-state index in [1.54, 1.807) is 23.5 Å². The van der Waals surface area contributed by atoms with Crippen LogP contribution in [-0.2, 0) is 25.1 Å². The van der Waals surface area contributed by atoms with Crippen LogP contribution in [0.2, 0.25) is 0 Å². The molecular weight excluding hydrogens is 469 g/mol. The minimum absolute atomic E-state index is 0.0576. The van der Waals surface area contributed by atoms with Crippen LogP contribution >= 0.6 is 23.1 Å². The summed E-state index contributed by atoms with van der Waals surface area (Å²) in [5.74, 6) is 1.46. The molecule has 5 aromatic rings. The first-order valence-electron chi connectivity index (χ1n) is 11.0. The second-order valence-electron chi connectivity index (χ2n) is 8.22. The van der Waals surface area contributed by atoms with Gasteiger partial charge in [-0.05, 0) is 54.7 Å². The molecule has 6 nitrogen and oxygen atoms in total. The Labute approximate surface area is 202 Å². The van der Waals surface area contributed by atoms with Gasteiger partial charge < -0.3 is 4.98 Å². The van der Waals surface area contributed by atoms with Crippen molar-refractivity contribution >= 4 is 33.3 Å². The summed E-state index contributed by atoms with van der Waals surface area (Å²) in [7, 11) is 0. The zero-order valence-electron chi connectivity index (χ0n) is 18.1. The van der Waals surface area contributed by atoms with Crippen LogP contribution in [0, 0.1) is 5.82 Å². The number of fused-ring (bicyclic) bond motifs is 3. The summed E-state index contributed by atoms with van der Waals surface area (Å²) in [6.45, 7) is 0.573. The van der Waals surface area contributed by atoms with Gasteiger partial charge in [0.25, 0.3) is 5.56 Å². The van der Waals surface area contributed by atoms with Crippen molar-refractivity contribution in [2.45, 2.75) is 36.7 Å². The first-order chi connectivity index (χ1) is 16.7. The molecule has 6 rings (SSSR count). The molecule has 0 radical (unpaired) electrons. The van der Waals surface area contributed by atoms with E-state index in [1.165, 1.54) is 34.3 Å². The van der Waals surface area contributed by atoms with E-state index in [4.69, 9.17) is 4.98 Å². The highest BCUT2D eigenvalue weighted by molar-refractivity contribution is 7.98. The molecule has 0 aliphatic heterocycles. The summed E-state index contributed by atoms with van der Waals surface area (Å²) in [5.41, 5.74) is 3.02. The molecule has 0 bridgehead atoms. The SMILES string of the molecule is O=c1[nH]c(CSc2nnc(-c3ccc(F)cc3)n2Cc2ccccc2)nc2sc3c(c12)CCC3. The van der Waals surface area contributed by atoms with Gasteiger partial charge in [0, 0.05) is 10.4 Å². The number of nitrogens with zero attached hydrogens (tertiary/aromatic N) is 4. The Morgan fingerprint density at radius 1 is 1.06 bits per heavy atom. The lowest BCUT2D eigenvalue weighted by Gasteiger charge is -2.10. The molecule has 0 saturated carbocycles. The lowest BCUT2D eigenvalue weighted by Crippen LogP contribution is -2.11. The minimum atomic E-state index is -0.294. The number of rotatable bonds is 6. The number of thiophene rings is 1. The Balaban J connectivity index is 1.32. The van der Waals surface area contributed by atoms with Crippen LogP contribution in [0.5, 0.6) is 0 Å². The third-order valence-corrected chi connectivity index (χ3v) is 8.13. The van der Waals surface area contributed by atoms with Gasteiger partial charge in [-0.1, -0.05) is 42.1 Å². The molecule has 1 aliphatic rings. The molecule has 9 heteroatoms. The van der Waals surface area contributed by atoms with Crippen molar-refractivity contribution in [2.24, 2.45) is 0 Å². The number of aromatic nitrogens is 5. The first-order valence-corrected chi connectivity index (χ1v) is 12.9. The Kier molecular flexibility index (Phi) is 5.50. The topological polar surface area (TPSA) is 76.5 Å². The maximum absolute atomic E-state index is 13.5. The Morgan fingerprint density at radius 2 is 1.88 bits per heavy atom. The molecule has 34 heavy (non-hydrogen) atoms. The van der Waals surface area contributed by atoms with Crippen LogP contribution in [0.15, 0.2) is 64.5 Å². The standard InChI is InChI=1S/C25H20FN5OS2/c26-17-11-9-16(10-12-17)22-29-30-25(31(22)13-15-5-2-1-3-6-15)33-14-20-27-23(32)21-18-7-4-8-19(18)34-24(21)28-20/h1-3,5-6,9-12H,4,7-8,13-14H2,(H,27,28,32). The highest BCUT2D eigenvalue weighted by Crippen LogP contribution is 2.35. The van der Waals surface area contributed by atoms with Gasteiger partial charge in [0.15, 0.2) is 11.0 Å². The maximum atomic E-state index is 13.5. The average molecular weight is 490 g/mol. The van der Waals surface area contributed by atoms with Crippen LogP contribution in [0.25, 0.3) is 21.6 Å². The van der Waals surface area contributed by atoms with Crippen LogP contribution in [0.4, 0.5) is 4.39 Å². The van der Waals surface area contributed by atoms with Gasteiger partial charge in [0.05, 0.1) is 17.7 Å². The Bertz CT molecular complexity index is 1540. The van der Waals surface area contributed by atoms with Gasteiger partial charge in [-0.25, -0.2) is 9.37 Å². The van der Waals surface area contributed by atoms with Gasteiger partial charge in [-0.15, -0.1) is 21.5 Å². The van der Waals surface area contributed by atoms with Crippen LogP contribution in [0.3, 0.4) is 0 Å². The van der Waals surface area contributed by atoms with Crippen LogP contribution in [0.1, 0.15) is 28.2 Å². The summed E-state index contributed by atoms with van der Waals surface area (Å²) in [5, 5.41) is 10.3. The van der Waals surface area contributed by atoms with E-state index in [-0.39, 0.29) is 11.4 Å². The molecule has 0 spiro atoms. The van der Waals surface area contributed by atoms with Crippen molar-refractivity contribution in [2.75, 3.05) is 0 Å². The van der Waals surface area contributed by atoms with Crippen molar-refractivity contribution in [3.8, 4) is 11.4 Å². The number of hydrogen-bond acceptors (Lipinski definition) is 6. The minimum Gasteiger partial charge on any atom is -0.309 e. The lowest BCUT2D eigenvalue weighted by molar-refractivity contribution is 0.628. The molecule has 1 aliphatic carbocycles. The molecule has 0 atom stereocenters. The number of aromatic amines is 1. The summed E-state index contributed by atoms with van der Waals surface area (Å²) in [6, 6.07) is 16.3. The van der Waals surface area contributed by atoms with E-state index in [0.29, 0.717) is 29.1 Å². The highest BCUT2D eigenvalue weighted by atomic mass is 32.2. The predicted molar refractivity (Wildman–Crippen MR) is 133 cm³/mol. The molecule has 3 aromatic heterocycles. The number of aryl methyl sites for hydroxylation is 2. The van der Waals surface area contributed by atoms with E-state index in [2.05, 4.69) is 15.2 Å². The van der Waals surface area contributed by atoms with E-state index in [0.717, 1.165) is 40.6 Å². The highest BCUT2D eigenvalue weighted by Gasteiger charge is 2.21. The molecular formula is C25H20FN5OS2. The molecule has 0 unspecified atom stereocenters. The van der Waals surface area contributed by atoms with E-state index >= 15 is 0 Å². The molecule has 0 fully saturated rings. The zero-order valence-corrected chi connectivity index (χ0v) is 19.8. The normalized spacial score (nSPS) is 13.0. The molecule has 0 amide bonds.